The fraction of sp³-hybridized carbons (Fsp3) is 0.333. The fourth-order valence-corrected chi connectivity index (χ4v) is 2.89. The van der Waals surface area contributed by atoms with Crippen molar-refractivity contribution in [1.29, 1.82) is 0 Å². The minimum absolute atomic E-state index is 0.207. The molecular formula is C18H19NO4. The van der Waals surface area contributed by atoms with Gasteiger partial charge in [-0.25, -0.2) is 4.79 Å². The molecular weight excluding hydrogens is 294 g/mol. The Balaban J connectivity index is 1.71. The Bertz CT molecular complexity index is 762. The van der Waals surface area contributed by atoms with Crippen molar-refractivity contribution in [3.8, 4) is 0 Å². The number of aryl methyl sites for hydroxylation is 2. The van der Waals surface area contributed by atoms with Crippen LogP contribution in [0, 0.1) is 13.8 Å². The number of furan rings is 1. The molecule has 1 amide bonds. The van der Waals surface area contributed by atoms with Crippen molar-refractivity contribution in [2.75, 3.05) is 11.4 Å². The molecule has 5 heteroatoms. The van der Waals surface area contributed by atoms with Gasteiger partial charge in [0.25, 0.3) is 5.91 Å². The third kappa shape index (κ3) is 2.86. The number of fused-ring (bicyclic) bond motifs is 1. The summed E-state index contributed by atoms with van der Waals surface area (Å²) in [6, 6.07) is 9.41. The number of hydrogen-bond donors (Lipinski definition) is 0. The van der Waals surface area contributed by atoms with Gasteiger partial charge >= 0.3 is 5.97 Å². The molecule has 1 unspecified atom stereocenters. The van der Waals surface area contributed by atoms with E-state index in [1.807, 2.05) is 24.3 Å². The lowest BCUT2D eigenvalue weighted by atomic mass is 10.2. The Morgan fingerprint density at radius 1 is 1.26 bits per heavy atom. The highest BCUT2D eigenvalue weighted by molar-refractivity contribution is 6.00. The third-order valence-electron chi connectivity index (χ3n) is 4.05. The van der Waals surface area contributed by atoms with Gasteiger partial charge in [0.15, 0.2) is 6.10 Å². The van der Waals surface area contributed by atoms with Crippen molar-refractivity contribution in [2.45, 2.75) is 33.3 Å². The molecule has 1 atom stereocenters. The molecule has 0 N–H and O–H groups in total. The number of amides is 1. The van der Waals surface area contributed by atoms with E-state index in [4.69, 9.17) is 9.15 Å². The van der Waals surface area contributed by atoms with E-state index in [1.54, 1.807) is 31.7 Å². The normalized spacial score (nSPS) is 14.5. The maximum Gasteiger partial charge on any atom is 0.342 e. The number of hydrogen-bond acceptors (Lipinski definition) is 4. The van der Waals surface area contributed by atoms with Gasteiger partial charge in [0.1, 0.15) is 17.1 Å². The second-order valence-corrected chi connectivity index (χ2v) is 5.74. The number of rotatable bonds is 3. The van der Waals surface area contributed by atoms with Crippen molar-refractivity contribution in [1.82, 2.24) is 0 Å². The molecule has 1 aliphatic heterocycles. The predicted molar refractivity (Wildman–Crippen MR) is 85.6 cm³/mol. The summed E-state index contributed by atoms with van der Waals surface area (Å²) in [5.74, 6) is 0.398. The Hall–Kier alpha value is -2.56. The monoisotopic (exact) mass is 313 g/mol. The van der Waals surface area contributed by atoms with Crippen molar-refractivity contribution in [2.24, 2.45) is 0 Å². The second-order valence-electron chi connectivity index (χ2n) is 5.74. The molecule has 0 bridgehead atoms. The van der Waals surface area contributed by atoms with E-state index in [-0.39, 0.29) is 5.91 Å². The van der Waals surface area contributed by atoms with Crippen LogP contribution in [-0.4, -0.2) is 24.5 Å². The first-order valence-electron chi connectivity index (χ1n) is 7.64. The first kappa shape index (κ1) is 15.3. The summed E-state index contributed by atoms with van der Waals surface area (Å²) in [5.41, 5.74) is 2.40. The number of ether oxygens (including phenoxy) is 1. The Morgan fingerprint density at radius 3 is 2.70 bits per heavy atom. The Labute approximate surface area is 134 Å². The van der Waals surface area contributed by atoms with Gasteiger partial charge in [-0.2, -0.15) is 0 Å². The first-order chi connectivity index (χ1) is 11.0. The maximum atomic E-state index is 12.6. The van der Waals surface area contributed by atoms with E-state index in [1.165, 1.54) is 0 Å². The zero-order valence-electron chi connectivity index (χ0n) is 13.5. The predicted octanol–water partition coefficient (Wildman–Crippen LogP) is 3.03. The van der Waals surface area contributed by atoms with Gasteiger partial charge in [-0.3, -0.25) is 4.79 Å². The van der Waals surface area contributed by atoms with E-state index >= 15 is 0 Å². The van der Waals surface area contributed by atoms with Crippen LogP contribution in [0.4, 0.5) is 5.69 Å². The molecule has 0 aliphatic carbocycles. The van der Waals surface area contributed by atoms with Gasteiger partial charge in [0.05, 0.1) is 0 Å². The van der Waals surface area contributed by atoms with E-state index < -0.39 is 12.1 Å². The zero-order chi connectivity index (χ0) is 16.6. The average molecular weight is 313 g/mol. The van der Waals surface area contributed by atoms with Crippen LogP contribution in [0.3, 0.4) is 0 Å². The molecule has 2 aromatic rings. The first-order valence-corrected chi connectivity index (χ1v) is 7.64. The van der Waals surface area contributed by atoms with E-state index in [9.17, 15) is 9.59 Å². The molecule has 2 heterocycles. The lowest BCUT2D eigenvalue weighted by molar-refractivity contribution is -0.126. The number of anilines is 1. The molecule has 0 spiro atoms. The summed E-state index contributed by atoms with van der Waals surface area (Å²) in [6.07, 6.45) is -0.0222. The summed E-state index contributed by atoms with van der Waals surface area (Å²) < 4.78 is 10.7. The van der Waals surface area contributed by atoms with Gasteiger partial charge < -0.3 is 14.1 Å². The number of nitrogens with zero attached hydrogens (tertiary/aromatic N) is 1. The van der Waals surface area contributed by atoms with Crippen molar-refractivity contribution in [3.63, 3.8) is 0 Å². The second kappa shape index (κ2) is 5.91. The topological polar surface area (TPSA) is 59.8 Å². The Morgan fingerprint density at radius 2 is 2.00 bits per heavy atom. The lowest BCUT2D eigenvalue weighted by Gasteiger charge is -2.21. The summed E-state index contributed by atoms with van der Waals surface area (Å²) >= 11 is 0. The highest BCUT2D eigenvalue weighted by Crippen LogP contribution is 2.28. The smallest absolute Gasteiger partial charge is 0.342 e. The van der Waals surface area contributed by atoms with Crippen LogP contribution >= 0.6 is 0 Å². The van der Waals surface area contributed by atoms with Crippen LogP contribution < -0.4 is 4.90 Å². The molecule has 1 aromatic heterocycles. The molecule has 23 heavy (non-hydrogen) atoms. The van der Waals surface area contributed by atoms with Crippen LogP contribution in [0.25, 0.3) is 0 Å². The third-order valence-corrected chi connectivity index (χ3v) is 4.05. The quantitative estimate of drug-likeness (QED) is 0.817. The highest BCUT2D eigenvalue weighted by atomic mass is 16.5. The largest absolute Gasteiger partial charge is 0.466 e. The molecule has 1 aromatic carbocycles. The molecule has 0 radical (unpaired) electrons. The Kier molecular flexibility index (Phi) is 3.94. The summed E-state index contributed by atoms with van der Waals surface area (Å²) in [5, 5.41) is 0. The van der Waals surface area contributed by atoms with E-state index in [0.29, 0.717) is 23.6 Å². The van der Waals surface area contributed by atoms with Crippen LogP contribution in [0.15, 0.2) is 34.7 Å². The summed E-state index contributed by atoms with van der Waals surface area (Å²) in [6.45, 7) is 5.68. The van der Waals surface area contributed by atoms with Crippen LogP contribution in [0.5, 0.6) is 0 Å². The molecule has 0 saturated heterocycles. The zero-order valence-corrected chi connectivity index (χ0v) is 13.5. The van der Waals surface area contributed by atoms with Gasteiger partial charge in [-0.1, -0.05) is 18.2 Å². The van der Waals surface area contributed by atoms with Crippen LogP contribution in [-0.2, 0) is 16.0 Å². The highest BCUT2D eigenvalue weighted by Gasteiger charge is 2.30. The van der Waals surface area contributed by atoms with Gasteiger partial charge in [-0.05, 0) is 44.9 Å². The van der Waals surface area contributed by atoms with Crippen molar-refractivity contribution < 1.29 is 18.7 Å². The number of benzene rings is 1. The van der Waals surface area contributed by atoms with Crippen LogP contribution in [0.2, 0.25) is 0 Å². The number of carbonyl (C=O) groups is 2. The van der Waals surface area contributed by atoms with Gasteiger partial charge in [0.2, 0.25) is 0 Å². The number of esters is 1. The molecule has 0 fully saturated rings. The van der Waals surface area contributed by atoms with Gasteiger partial charge in [0, 0.05) is 12.2 Å². The molecule has 5 nitrogen and oxygen atoms in total. The SMILES string of the molecule is Cc1cc(C(=O)OC(C)C(=O)N2CCc3ccccc32)c(C)o1. The minimum Gasteiger partial charge on any atom is -0.466 e. The summed E-state index contributed by atoms with van der Waals surface area (Å²) in [7, 11) is 0. The summed E-state index contributed by atoms with van der Waals surface area (Å²) in [4.78, 5) is 26.5. The van der Waals surface area contributed by atoms with Gasteiger partial charge in [-0.15, -0.1) is 0 Å². The van der Waals surface area contributed by atoms with E-state index in [0.717, 1.165) is 17.7 Å². The van der Waals surface area contributed by atoms with E-state index in [2.05, 4.69) is 0 Å². The van der Waals surface area contributed by atoms with Crippen molar-refractivity contribution in [3.05, 3.63) is 53.0 Å². The number of carbonyl (C=O) groups excluding carboxylic acids is 2. The van der Waals surface area contributed by atoms with Crippen LogP contribution in [0.1, 0.15) is 34.4 Å². The molecule has 0 saturated carbocycles. The fourth-order valence-electron chi connectivity index (χ4n) is 2.89. The molecule has 120 valence electrons. The molecule has 3 rings (SSSR count). The molecule has 1 aliphatic rings. The lowest BCUT2D eigenvalue weighted by Crippen LogP contribution is -2.39. The number of para-hydroxylation sites is 1. The standard InChI is InChI=1S/C18H19NO4/c1-11-10-15(12(2)22-11)18(21)23-13(3)17(20)19-9-8-14-6-4-5-7-16(14)19/h4-7,10,13H,8-9H2,1-3H3. The maximum absolute atomic E-state index is 12.6. The minimum atomic E-state index is -0.844. The average Bonchev–Trinajstić information content (AvgIpc) is 3.09. The van der Waals surface area contributed by atoms with Crippen molar-refractivity contribution >= 4 is 17.6 Å².